The van der Waals surface area contributed by atoms with Crippen molar-refractivity contribution in [1.29, 1.82) is 0 Å². The lowest BCUT2D eigenvalue weighted by Crippen LogP contribution is -2.15. The van der Waals surface area contributed by atoms with Gasteiger partial charge in [0.25, 0.3) is 0 Å². The third-order valence-electron chi connectivity index (χ3n) is 4.16. The standard InChI is InChI=1S/C18H17NO4S/c20-18(21-9-12-4-2-1-3-5-12)14-10-24-17(19-14)13-6-7-15-16(8-13)23-11-22-15/h1-2,6-8,10,12H,3-5,9,11H2. The minimum absolute atomic E-state index is 0.241. The molecule has 0 fully saturated rings. The molecule has 0 amide bonds. The zero-order chi connectivity index (χ0) is 16.4. The van der Waals surface area contributed by atoms with Crippen molar-refractivity contribution < 1.29 is 19.0 Å². The molecule has 2 heterocycles. The molecule has 0 spiro atoms. The molecule has 0 saturated carbocycles. The number of nitrogens with zero attached hydrogens (tertiary/aromatic N) is 1. The first-order chi connectivity index (χ1) is 11.8. The van der Waals surface area contributed by atoms with Crippen LogP contribution in [-0.2, 0) is 4.74 Å². The smallest absolute Gasteiger partial charge is 0.357 e. The van der Waals surface area contributed by atoms with Gasteiger partial charge in [0.1, 0.15) is 5.01 Å². The molecular formula is C18H17NO4S. The van der Waals surface area contributed by atoms with Crippen LogP contribution < -0.4 is 9.47 Å². The van der Waals surface area contributed by atoms with E-state index in [4.69, 9.17) is 14.2 Å². The summed E-state index contributed by atoms with van der Waals surface area (Å²) in [6.45, 7) is 0.699. The summed E-state index contributed by atoms with van der Waals surface area (Å²) in [5, 5.41) is 2.50. The Bertz CT molecular complexity index is 783. The number of hydrogen-bond donors (Lipinski definition) is 0. The Balaban J connectivity index is 1.42. The summed E-state index contributed by atoms with van der Waals surface area (Å²) < 4.78 is 16.1. The van der Waals surface area contributed by atoms with E-state index in [0.717, 1.165) is 35.6 Å². The van der Waals surface area contributed by atoms with Crippen molar-refractivity contribution in [2.75, 3.05) is 13.4 Å². The maximum absolute atomic E-state index is 12.2. The fourth-order valence-electron chi connectivity index (χ4n) is 2.80. The maximum atomic E-state index is 12.2. The quantitative estimate of drug-likeness (QED) is 0.619. The van der Waals surface area contributed by atoms with Gasteiger partial charge >= 0.3 is 5.97 Å². The highest BCUT2D eigenvalue weighted by atomic mass is 32.1. The van der Waals surface area contributed by atoms with Crippen molar-refractivity contribution >= 4 is 17.3 Å². The molecule has 0 radical (unpaired) electrons. The Morgan fingerprint density at radius 1 is 1.29 bits per heavy atom. The van der Waals surface area contributed by atoms with Crippen molar-refractivity contribution in [2.24, 2.45) is 5.92 Å². The molecular weight excluding hydrogens is 326 g/mol. The molecule has 2 aromatic rings. The van der Waals surface area contributed by atoms with Gasteiger partial charge in [-0.3, -0.25) is 0 Å². The normalized spacial score (nSPS) is 18.6. The molecule has 1 atom stereocenters. The average molecular weight is 343 g/mol. The van der Waals surface area contributed by atoms with Crippen LogP contribution in [-0.4, -0.2) is 24.4 Å². The molecule has 1 aliphatic heterocycles. The first-order valence-electron chi connectivity index (χ1n) is 7.97. The third kappa shape index (κ3) is 3.14. The molecule has 0 saturated heterocycles. The van der Waals surface area contributed by atoms with E-state index >= 15 is 0 Å². The molecule has 2 aliphatic rings. The second kappa shape index (κ2) is 6.65. The lowest BCUT2D eigenvalue weighted by Gasteiger charge is -2.16. The fraction of sp³-hybridized carbons (Fsp3) is 0.333. The second-order valence-electron chi connectivity index (χ2n) is 5.85. The summed E-state index contributed by atoms with van der Waals surface area (Å²) in [6, 6.07) is 5.65. The van der Waals surface area contributed by atoms with Crippen LogP contribution >= 0.6 is 11.3 Å². The SMILES string of the molecule is O=C(OCC1CC=CCC1)c1csc(-c2ccc3c(c2)OCO3)n1. The Labute approximate surface area is 143 Å². The fourth-order valence-corrected chi connectivity index (χ4v) is 3.59. The number of carbonyl (C=O) groups excluding carboxylic acids is 1. The molecule has 124 valence electrons. The van der Waals surface area contributed by atoms with Crippen molar-refractivity contribution in [3.8, 4) is 22.1 Å². The Morgan fingerprint density at radius 3 is 3.08 bits per heavy atom. The number of ether oxygens (including phenoxy) is 3. The van der Waals surface area contributed by atoms with Gasteiger partial charge in [0.15, 0.2) is 17.2 Å². The minimum Gasteiger partial charge on any atom is -0.461 e. The first kappa shape index (κ1) is 15.2. The molecule has 5 nitrogen and oxygen atoms in total. The van der Waals surface area contributed by atoms with Crippen LogP contribution in [0.2, 0.25) is 0 Å². The predicted molar refractivity (Wildman–Crippen MR) is 90.4 cm³/mol. The number of aromatic nitrogens is 1. The van der Waals surface area contributed by atoms with Crippen LogP contribution in [0.25, 0.3) is 10.6 Å². The van der Waals surface area contributed by atoms with Gasteiger partial charge in [0.05, 0.1) is 6.61 Å². The molecule has 4 rings (SSSR count). The number of esters is 1. The second-order valence-corrected chi connectivity index (χ2v) is 6.71. The number of fused-ring (bicyclic) bond motifs is 1. The van der Waals surface area contributed by atoms with E-state index < -0.39 is 0 Å². The Hall–Kier alpha value is -2.34. The van der Waals surface area contributed by atoms with E-state index in [9.17, 15) is 4.79 Å². The number of hydrogen-bond acceptors (Lipinski definition) is 6. The summed E-state index contributed by atoms with van der Waals surface area (Å²) in [4.78, 5) is 16.6. The zero-order valence-electron chi connectivity index (χ0n) is 13.1. The van der Waals surface area contributed by atoms with E-state index in [1.807, 2.05) is 18.2 Å². The van der Waals surface area contributed by atoms with Crippen LogP contribution in [0.3, 0.4) is 0 Å². The highest BCUT2D eigenvalue weighted by Crippen LogP contribution is 2.36. The number of rotatable bonds is 4. The van der Waals surface area contributed by atoms with Crippen LogP contribution in [0.4, 0.5) is 0 Å². The number of allylic oxidation sites excluding steroid dienone is 2. The van der Waals surface area contributed by atoms with Gasteiger partial charge < -0.3 is 14.2 Å². The van der Waals surface area contributed by atoms with Crippen molar-refractivity contribution in [3.63, 3.8) is 0 Å². The van der Waals surface area contributed by atoms with E-state index in [2.05, 4.69) is 17.1 Å². The molecule has 1 aromatic heterocycles. The minimum atomic E-state index is -0.354. The topological polar surface area (TPSA) is 57.7 Å². The summed E-state index contributed by atoms with van der Waals surface area (Å²) in [7, 11) is 0. The number of benzene rings is 1. The molecule has 6 heteroatoms. The largest absolute Gasteiger partial charge is 0.461 e. The van der Waals surface area contributed by atoms with E-state index in [1.54, 1.807) is 5.38 Å². The van der Waals surface area contributed by atoms with Gasteiger partial charge in [-0.15, -0.1) is 11.3 Å². The van der Waals surface area contributed by atoms with E-state index in [-0.39, 0.29) is 12.8 Å². The Kier molecular flexibility index (Phi) is 4.21. The lowest BCUT2D eigenvalue weighted by molar-refractivity contribution is 0.0426. The van der Waals surface area contributed by atoms with E-state index in [1.165, 1.54) is 11.3 Å². The van der Waals surface area contributed by atoms with Crippen LogP contribution in [0.15, 0.2) is 35.7 Å². The lowest BCUT2D eigenvalue weighted by atomic mass is 9.95. The van der Waals surface area contributed by atoms with Crippen LogP contribution in [0.1, 0.15) is 29.8 Å². The first-order valence-corrected chi connectivity index (χ1v) is 8.85. The highest BCUT2D eigenvalue weighted by molar-refractivity contribution is 7.13. The highest BCUT2D eigenvalue weighted by Gasteiger charge is 2.19. The summed E-state index contributed by atoms with van der Waals surface area (Å²) in [5.41, 5.74) is 1.26. The Morgan fingerprint density at radius 2 is 2.21 bits per heavy atom. The monoisotopic (exact) mass is 343 g/mol. The van der Waals surface area contributed by atoms with Crippen LogP contribution in [0, 0.1) is 5.92 Å². The van der Waals surface area contributed by atoms with Crippen molar-refractivity contribution in [1.82, 2.24) is 4.98 Å². The average Bonchev–Trinajstić information content (AvgIpc) is 3.29. The van der Waals surface area contributed by atoms with E-state index in [0.29, 0.717) is 24.0 Å². The maximum Gasteiger partial charge on any atom is 0.357 e. The van der Waals surface area contributed by atoms with Gasteiger partial charge in [-0.2, -0.15) is 0 Å². The molecule has 1 aliphatic carbocycles. The number of carbonyl (C=O) groups is 1. The van der Waals surface area contributed by atoms with Gasteiger partial charge in [0, 0.05) is 10.9 Å². The summed E-state index contributed by atoms with van der Waals surface area (Å²) >= 11 is 1.42. The summed E-state index contributed by atoms with van der Waals surface area (Å²) in [6.07, 6.45) is 7.45. The summed E-state index contributed by atoms with van der Waals surface area (Å²) in [5.74, 6) is 1.51. The van der Waals surface area contributed by atoms with Crippen molar-refractivity contribution in [3.05, 3.63) is 41.4 Å². The zero-order valence-corrected chi connectivity index (χ0v) is 13.9. The van der Waals surface area contributed by atoms with Gasteiger partial charge in [-0.1, -0.05) is 12.2 Å². The van der Waals surface area contributed by atoms with Gasteiger partial charge in [-0.05, 0) is 43.4 Å². The molecule has 24 heavy (non-hydrogen) atoms. The van der Waals surface area contributed by atoms with Gasteiger partial charge in [0.2, 0.25) is 6.79 Å². The molecule has 0 bridgehead atoms. The number of thiazole rings is 1. The predicted octanol–water partition coefficient (Wildman–Crippen LogP) is 4.05. The third-order valence-corrected chi connectivity index (χ3v) is 5.05. The molecule has 0 N–H and O–H groups in total. The molecule has 1 unspecified atom stereocenters. The van der Waals surface area contributed by atoms with Crippen LogP contribution in [0.5, 0.6) is 11.5 Å². The molecule has 1 aromatic carbocycles. The van der Waals surface area contributed by atoms with Gasteiger partial charge in [-0.25, -0.2) is 9.78 Å². The van der Waals surface area contributed by atoms with Crippen molar-refractivity contribution in [2.45, 2.75) is 19.3 Å².